The fourth-order valence-corrected chi connectivity index (χ4v) is 1.25. The fraction of sp³-hybridized carbons (Fsp3) is 0.300. The van der Waals surface area contributed by atoms with Crippen LogP contribution in [0.2, 0.25) is 0 Å². The minimum atomic E-state index is -1.22. The molecule has 0 radical (unpaired) electrons. The monoisotopic (exact) mass is 237 g/mol. The molecule has 0 aliphatic carbocycles. The van der Waals surface area contributed by atoms with Gasteiger partial charge in [-0.05, 0) is 6.07 Å². The number of nitrogens with one attached hydrogen (secondary N) is 1. The third-order valence-corrected chi connectivity index (χ3v) is 1.96. The third kappa shape index (κ3) is 2.44. The fourth-order valence-electron chi connectivity index (χ4n) is 1.25. The largest absolute Gasteiger partial charge is 0.419 e. The molecule has 2 rings (SSSR count). The molecule has 0 bridgehead atoms. The first-order valence-corrected chi connectivity index (χ1v) is 4.91. The molecule has 90 valence electrons. The Hall–Kier alpha value is -2.31. The summed E-state index contributed by atoms with van der Waals surface area (Å²) >= 11 is 0. The molecule has 0 atom stereocenters. The second-order valence-electron chi connectivity index (χ2n) is 3.82. The maximum absolute atomic E-state index is 11.5. The molecule has 0 aromatic carbocycles. The van der Waals surface area contributed by atoms with Gasteiger partial charge in [-0.1, -0.05) is 0 Å². The van der Waals surface area contributed by atoms with E-state index in [0.29, 0.717) is 0 Å². The van der Waals surface area contributed by atoms with Crippen molar-refractivity contribution in [1.82, 2.24) is 9.89 Å². The van der Waals surface area contributed by atoms with Crippen LogP contribution >= 0.6 is 0 Å². The second kappa shape index (κ2) is 3.93. The number of hydrogen-bond donors (Lipinski definition) is 1. The first kappa shape index (κ1) is 11.2. The van der Waals surface area contributed by atoms with Crippen LogP contribution in [0.1, 0.15) is 13.8 Å². The molecule has 1 aliphatic rings. The van der Waals surface area contributed by atoms with E-state index in [1.165, 1.54) is 24.8 Å². The average Bonchev–Trinajstić information content (AvgIpc) is 2.67. The molecule has 0 amide bonds. The lowest BCUT2D eigenvalue weighted by atomic mass is 10.2. The maximum Gasteiger partial charge on any atom is 0.350 e. The van der Waals surface area contributed by atoms with E-state index in [1.807, 2.05) is 0 Å². The Kier molecular flexibility index (Phi) is 2.58. The lowest BCUT2D eigenvalue weighted by Gasteiger charge is -2.29. The Morgan fingerprint density at radius 2 is 2.00 bits per heavy atom. The van der Waals surface area contributed by atoms with Gasteiger partial charge in [0.1, 0.15) is 0 Å². The standard InChI is InChI=1S/C10H11N3O4/c1-10(2)16-8(14)7(9(15)17-10)6-12-13-5-3-4-11-13/h3-6,12H,1-2H3. The molecule has 1 N–H and O–H groups in total. The van der Waals surface area contributed by atoms with Gasteiger partial charge in [0, 0.05) is 26.2 Å². The van der Waals surface area contributed by atoms with E-state index in [-0.39, 0.29) is 5.57 Å². The predicted molar refractivity (Wildman–Crippen MR) is 55.9 cm³/mol. The van der Waals surface area contributed by atoms with Crippen LogP contribution in [-0.4, -0.2) is 27.6 Å². The quantitative estimate of drug-likeness (QED) is 0.448. The van der Waals surface area contributed by atoms with Gasteiger partial charge >= 0.3 is 11.9 Å². The zero-order chi connectivity index (χ0) is 12.5. The molecule has 0 unspecified atom stereocenters. The Balaban J connectivity index is 2.13. The van der Waals surface area contributed by atoms with Crippen LogP contribution in [0.3, 0.4) is 0 Å². The summed E-state index contributed by atoms with van der Waals surface area (Å²) in [4.78, 5) is 24.4. The number of aromatic nitrogens is 2. The first-order chi connectivity index (χ1) is 7.98. The summed E-state index contributed by atoms with van der Waals surface area (Å²) in [5.41, 5.74) is 2.42. The average molecular weight is 237 g/mol. The number of cyclic esters (lactones) is 2. The van der Waals surface area contributed by atoms with Gasteiger partial charge in [0.2, 0.25) is 0 Å². The van der Waals surface area contributed by atoms with Crippen molar-refractivity contribution < 1.29 is 19.1 Å². The van der Waals surface area contributed by atoms with Crippen LogP contribution in [0.5, 0.6) is 0 Å². The van der Waals surface area contributed by atoms with Gasteiger partial charge in [0.05, 0.1) is 6.20 Å². The van der Waals surface area contributed by atoms with Crippen molar-refractivity contribution in [2.75, 3.05) is 5.43 Å². The van der Waals surface area contributed by atoms with Crippen LogP contribution in [0.25, 0.3) is 0 Å². The summed E-state index contributed by atoms with van der Waals surface area (Å²) in [7, 11) is 0. The number of nitrogens with zero attached hydrogens (tertiary/aromatic N) is 2. The van der Waals surface area contributed by atoms with Crippen LogP contribution < -0.4 is 5.43 Å². The molecule has 1 aliphatic heterocycles. The number of carbonyl (C=O) groups excluding carboxylic acids is 2. The van der Waals surface area contributed by atoms with Crippen molar-refractivity contribution in [3.63, 3.8) is 0 Å². The third-order valence-electron chi connectivity index (χ3n) is 1.96. The molecule has 0 saturated carbocycles. The molecule has 7 nitrogen and oxygen atoms in total. The van der Waals surface area contributed by atoms with Crippen molar-refractivity contribution in [2.45, 2.75) is 19.6 Å². The molecule has 0 spiro atoms. The number of rotatable bonds is 2. The SMILES string of the molecule is CC1(C)OC(=O)C(=CNn2cccn2)C(=O)O1. The smallest absolute Gasteiger partial charge is 0.350 e. The summed E-state index contributed by atoms with van der Waals surface area (Å²) in [5.74, 6) is -2.69. The van der Waals surface area contributed by atoms with Crippen molar-refractivity contribution in [3.8, 4) is 0 Å². The molecular weight excluding hydrogens is 226 g/mol. The van der Waals surface area contributed by atoms with Crippen LogP contribution in [0, 0.1) is 0 Å². The zero-order valence-corrected chi connectivity index (χ0v) is 9.34. The molecular formula is C10H11N3O4. The highest BCUT2D eigenvalue weighted by Gasteiger charge is 2.38. The van der Waals surface area contributed by atoms with Crippen molar-refractivity contribution in [2.24, 2.45) is 0 Å². The van der Waals surface area contributed by atoms with E-state index >= 15 is 0 Å². The number of esters is 2. The summed E-state index contributed by atoms with van der Waals surface area (Å²) in [6, 6.07) is 1.69. The number of hydrogen-bond acceptors (Lipinski definition) is 6. The van der Waals surface area contributed by atoms with E-state index in [4.69, 9.17) is 9.47 Å². The molecule has 1 aromatic rings. The minimum absolute atomic E-state index is 0.208. The summed E-state index contributed by atoms with van der Waals surface area (Å²) in [6.45, 7) is 2.97. The van der Waals surface area contributed by atoms with Crippen molar-refractivity contribution in [1.29, 1.82) is 0 Å². The number of carbonyl (C=O) groups is 2. The van der Waals surface area contributed by atoms with Crippen molar-refractivity contribution >= 4 is 11.9 Å². The summed E-state index contributed by atoms with van der Waals surface area (Å²) in [6.07, 6.45) is 4.35. The Morgan fingerprint density at radius 1 is 1.35 bits per heavy atom. The van der Waals surface area contributed by atoms with E-state index in [9.17, 15) is 9.59 Å². The Bertz CT molecular complexity index is 454. The van der Waals surface area contributed by atoms with Gasteiger partial charge in [-0.15, -0.1) is 0 Å². The molecule has 1 aromatic heterocycles. The molecule has 1 fully saturated rings. The normalized spacial score (nSPS) is 18.4. The lowest BCUT2D eigenvalue weighted by molar-refractivity contribution is -0.222. The highest BCUT2D eigenvalue weighted by molar-refractivity contribution is 6.15. The maximum atomic E-state index is 11.5. The second-order valence-corrected chi connectivity index (χ2v) is 3.82. The van der Waals surface area contributed by atoms with E-state index in [0.717, 1.165) is 0 Å². The van der Waals surface area contributed by atoms with E-state index in [1.54, 1.807) is 18.5 Å². The number of ether oxygens (including phenoxy) is 2. The topological polar surface area (TPSA) is 82.5 Å². The van der Waals surface area contributed by atoms with Gasteiger partial charge in [-0.2, -0.15) is 9.89 Å². The van der Waals surface area contributed by atoms with E-state index in [2.05, 4.69) is 10.5 Å². The van der Waals surface area contributed by atoms with Gasteiger partial charge in [-0.25, -0.2) is 9.59 Å². The Morgan fingerprint density at radius 3 is 2.53 bits per heavy atom. The highest BCUT2D eigenvalue weighted by Crippen LogP contribution is 2.21. The Labute approximate surface area is 97.0 Å². The summed E-state index contributed by atoms with van der Waals surface area (Å²) in [5, 5.41) is 3.84. The highest BCUT2D eigenvalue weighted by atomic mass is 16.7. The molecule has 1 saturated heterocycles. The van der Waals surface area contributed by atoms with E-state index < -0.39 is 17.7 Å². The first-order valence-electron chi connectivity index (χ1n) is 4.91. The van der Waals surface area contributed by atoms with Gasteiger partial charge in [0.25, 0.3) is 5.79 Å². The summed E-state index contributed by atoms with van der Waals surface area (Å²) < 4.78 is 9.81. The van der Waals surface area contributed by atoms with Crippen LogP contribution in [0.15, 0.2) is 30.2 Å². The van der Waals surface area contributed by atoms with Gasteiger partial charge in [0.15, 0.2) is 5.57 Å². The molecule has 2 heterocycles. The molecule has 17 heavy (non-hydrogen) atoms. The predicted octanol–water partition coefficient (Wildman–Crippen LogP) is 0.147. The van der Waals surface area contributed by atoms with Crippen LogP contribution in [-0.2, 0) is 19.1 Å². The van der Waals surface area contributed by atoms with Crippen LogP contribution in [0.4, 0.5) is 0 Å². The van der Waals surface area contributed by atoms with Gasteiger partial charge < -0.3 is 9.47 Å². The molecule has 7 heteroatoms. The van der Waals surface area contributed by atoms with Crippen molar-refractivity contribution in [3.05, 3.63) is 30.2 Å². The zero-order valence-electron chi connectivity index (χ0n) is 9.34. The van der Waals surface area contributed by atoms with Gasteiger partial charge in [-0.3, -0.25) is 5.43 Å². The lowest BCUT2D eigenvalue weighted by Crippen LogP contribution is -2.42. The minimum Gasteiger partial charge on any atom is -0.419 e.